The minimum Gasteiger partial charge on any atom is -0.492 e. The summed E-state index contributed by atoms with van der Waals surface area (Å²) >= 11 is 0. The van der Waals surface area contributed by atoms with Gasteiger partial charge < -0.3 is 15.2 Å². The van der Waals surface area contributed by atoms with E-state index >= 15 is 0 Å². The number of ether oxygens (including phenoxy) is 1. The van der Waals surface area contributed by atoms with Crippen molar-refractivity contribution in [3.05, 3.63) is 30.3 Å². The molecule has 0 radical (unpaired) electrons. The molecular weight excluding hydrogens is 214 g/mol. The molecule has 0 bridgehead atoms. The molecule has 17 heavy (non-hydrogen) atoms. The van der Waals surface area contributed by atoms with Gasteiger partial charge in [-0.3, -0.25) is 0 Å². The Hall–Kier alpha value is -1.06. The summed E-state index contributed by atoms with van der Waals surface area (Å²) in [7, 11) is 0. The fourth-order valence-electron chi connectivity index (χ4n) is 2.30. The first-order valence-electron chi connectivity index (χ1n) is 6.41. The van der Waals surface area contributed by atoms with Crippen LogP contribution in [0.3, 0.4) is 0 Å². The maximum absolute atomic E-state index is 9.40. The first-order chi connectivity index (χ1) is 8.34. The van der Waals surface area contributed by atoms with E-state index in [0.29, 0.717) is 12.5 Å². The second kappa shape index (κ2) is 6.62. The number of hydrogen-bond donors (Lipinski definition) is 2. The molecule has 1 saturated carbocycles. The predicted octanol–water partition coefficient (Wildman–Crippen LogP) is 1.82. The molecule has 3 heteroatoms. The highest BCUT2D eigenvalue weighted by Crippen LogP contribution is 2.24. The molecule has 1 aromatic rings. The normalized spacial score (nSPS) is 23.8. The monoisotopic (exact) mass is 235 g/mol. The SMILES string of the molecule is OC1CCC(CNCCOc2ccccc2)C1. The fraction of sp³-hybridized carbons (Fsp3) is 0.571. The third kappa shape index (κ3) is 4.36. The Morgan fingerprint density at radius 3 is 2.76 bits per heavy atom. The summed E-state index contributed by atoms with van der Waals surface area (Å²) in [6.07, 6.45) is 3.00. The van der Waals surface area contributed by atoms with Crippen LogP contribution in [0.2, 0.25) is 0 Å². The number of para-hydroxylation sites is 1. The van der Waals surface area contributed by atoms with Gasteiger partial charge in [0.15, 0.2) is 0 Å². The molecule has 0 aromatic heterocycles. The molecule has 2 atom stereocenters. The quantitative estimate of drug-likeness (QED) is 0.739. The van der Waals surface area contributed by atoms with Crippen LogP contribution in [0.5, 0.6) is 5.75 Å². The molecular formula is C14H21NO2. The van der Waals surface area contributed by atoms with Crippen molar-refractivity contribution in [3.63, 3.8) is 0 Å². The van der Waals surface area contributed by atoms with Crippen LogP contribution in [-0.4, -0.2) is 30.9 Å². The van der Waals surface area contributed by atoms with Crippen molar-refractivity contribution < 1.29 is 9.84 Å². The molecule has 1 aliphatic carbocycles. The number of rotatable bonds is 6. The Kier molecular flexibility index (Phi) is 4.83. The molecule has 1 aliphatic rings. The van der Waals surface area contributed by atoms with Gasteiger partial charge >= 0.3 is 0 Å². The topological polar surface area (TPSA) is 41.5 Å². The molecule has 0 saturated heterocycles. The van der Waals surface area contributed by atoms with E-state index in [2.05, 4.69) is 5.32 Å². The van der Waals surface area contributed by atoms with Crippen LogP contribution in [0.4, 0.5) is 0 Å². The lowest BCUT2D eigenvalue weighted by Gasteiger charge is -2.11. The standard InChI is InChI=1S/C14H21NO2/c16-13-7-6-12(10-13)11-15-8-9-17-14-4-2-1-3-5-14/h1-5,12-13,15-16H,6-11H2. The first-order valence-corrected chi connectivity index (χ1v) is 6.41. The fourth-order valence-corrected chi connectivity index (χ4v) is 2.30. The number of aliphatic hydroxyl groups excluding tert-OH is 1. The van der Waals surface area contributed by atoms with Crippen molar-refractivity contribution >= 4 is 0 Å². The van der Waals surface area contributed by atoms with Crippen molar-refractivity contribution in [3.8, 4) is 5.75 Å². The Morgan fingerprint density at radius 2 is 2.06 bits per heavy atom. The van der Waals surface area contributed by atoms with Gasteiger partial charge in [0.25, 0.3) is 0 Å². The van der Waals surface area contributed by atoms with Gasteiger partial charge in [0.1, 0.15) is 12.4 Å². The molecule has 2 rings (SSSR count). The van der Waals surface area contributed by atoms with E-state index in [1.54, 1.807) is 0 Å². The first kappa shape index (κ1) is 12.4. The number of hydrogen-bond acceptors (Lipinski definition) is 3. The molecule has 1 fully saturated rings. The van der Waals surface area contributed by atoms with Crippen LogP contribution < -0.4 is 10.1 Å². The third-order valence-electron chi connectivity index (χ3n) is 3.24. The Bertz CT molecular complexity index is 315. The second-order valence-corrected chi connectivity index (χ2v) is 4.70. The molecule has 2 unspecified atom stereocenters. The number of nitrogens with one attached hydrogen (secondary N) is 1. The third-order valence-corrected chi connectivity index (χ3v) is 3.24. The summed E-state index contributed by atoms with van der Waals surface area (Å²) in [5.74, 6) is 1.56. The van der Waals surface area contributed by atoms with Gasteiger partial charge in [-0.15, -0.1) is 0 Å². The van der Waals surface area contributed by atoms with Crippen molar-refractivity contribution in [2.24, 2.45) is 5.92 Å². The Labute approximate surface area is 103 Å². The van der Waals surface area contributed by atoms with Crippen molar-refractivity contribution in [2.45, 2.75) is 25.4 Å². The smallest absolute Gasteiger partial charge is 0.119 e. The maximum atomic E-state index is 9.40. The van der Waals surface area contributed by atoms with Crippen LogP contribution in [0.15, 0.2) is 30.3 Å². The largest absolute Gasteiger partial charge is 0.492 e. The average molecular weight is 235 g/mol. The molecule has 94 valence electrons. The van der Waals surface area contributed by atoms with Gasteiger partial charge in [-0.25, -0.2) is 0 Å². The predicted molar refractivity (Wildman–Crippen MR) is 68.2 cm³/mol. The van der Waals surface area contributed by atoms with Crippen LogP contribution in [-0.2, 0) is 0 Å². The lowest BCUT2D eigenvalue weighted by atomic mass is 10.1. The van der Waals surface area contributed by atoms with E-state index in [0.717, 1.165) is 38.1 Å². The van der Waals surface area contributed by atoms with Gasteiger partial charge in [-0.1, -0.05) is 18.2 Å². The van der Waals surface area contributed by atoms with Gasteiger partial charge in [0.05, 0.1) is 6.10 Å². The maximum Gasteiger partial charge on any atom is 0.119 e. The summed E-state index contributed by atoms with van der Waals surface area (Å²) in [5, 5.41) is 12.8. The Balaban J connectivity index is 1.52. The summed E-state index contributed by atoms with van der Waals surface area (Å²) in [6.45, 7) is 2.55. The van der Waals surface area contributed by atoms with Crippen LogP contribution in [0, 0.1) is 5.92 Å². The minimum atomic E-state index is -0.0673. The molecule has 0 amide bonds. The molecule has 3 nitrogen and oxygen atoms in total. The van der Waals surface area contributed by atoms with Crippen molar-refractivity contribution in [1.82, 2.24) is 5.32 Å². The highest BCUT2D eigenvalue weighted by atomic mass is 16.5. The number of benzene rings is 1. The van der Waals surface area contributed by atoms with Gasteiger partial charge in [0, 0.05) is 6.54 Å². The van der Waals surface area contributed by atoms with Gasteiger partial charge in [-0.2, -0.15) is 0 Å². The lowest BCUT2D eigenvalue weighted by Crippen LogP contribution is -2.26. The minimum absolute atomic E-state index is 0.0673. The molecule has 0 aliphatic heterocycles. The summed E-state index contributed by atoms with van der Waals surface area (Å²) in [4.78, 5) is 0. The highest BCUT2D eigenvalue weighted by Gasteiger charge is 2.21. The molecule has 0 heterocycles. The highest BCUT2D eigenvalue weighted by molar-refractivity contribution is 5.20. The molecule has 2 N–H and O–H groups in total. The van der Waals surface area contributed by atoms with E-state index in [9.17, 15) is 5.11 Å². The van der Waals surface area contributed by atoms with E-state index < -0.39 is 0 Å². The lowest BCUT2D eigenvalue weighted by molar-refractivity contribution is 0.177. The zero-order valence-electron chi connectivity index (χ0n) is 10.1. The van der Waals surface area contributed by atoms with E-state index in [1.165, 1.54) is 0 Å². The van der Waals surface area contributed by atoms with Crippen molar-refractivity contribution in [2.75, 3.05) is 19.7 Å². The molecule has 0 spiro atoms. The van der Waals surface area contributed by atoms with E-state index in [1.807, 2.05) is 30.3 Å². The van der Waals surface area contributed by atoms with Gasteiger partial charge in [0.2, 0.25) is 0 Å². The van der Waals surface area contributed by atoms with E-state index in [4.69, 9.17) is 4.74 Å². The number of aliphatic hydroxyl groups is 1. The zero-order chi connectivity index (χ0) is 11.9. The van der Waals surface area contributed by atoms with Crippen LogP contribution in [0.25, 0.3) is 0 Å². The Morgan fingerprint density at radius 1 is 1.24 bits per heavy atom. The van der Waals surface area contributed by atoms with Crippen LogP contribution in [0.1, 0.15) is 19.3 Å². The zero-order valence-corrected chi connectivity index (χ0v) is 10.1. The summed E-state index contributed by atoms with van der Waals surface area (Å²) in [6, 6.07) is 9.86. The summed E-state index contributed by atoms with van der Waals surface area (Å²) in [5.41, 5.74) is 0. The molecule has 1 aromatic carbocycles. The van der Waals surface area contributed by atoms with Crippen molar-refractivity contribution in [1.29, 1.82) is 0 Å². The van der Waals surface area contributed by atoms with Crippen LogP contribution >= 0.6 is 0 Å². The van der Waals surface area contributed by atoms with Gasteiger partial charge in [-0.05, 0) is 43.9 Å². The van der Waals surface area contributed by atoms with E-state index in [-0.39, 0.29) is 6.10 Å². The summed E-state index contributed by atoms with van der Waals surface area (Å²) < 4.78 is 5.58. The second-order valence-electron chi connectivity index (χ2n) is 4.70. The average Bonchev–Trinajstić information content (AvgIpc) is 2.76.